The van der Waals surface area contributed by atoms with Gasteiger partial charge in [0.05, 0.1) is 0 Å². The van der Waals surface area contributed by atoms with Gasteiger partial charge in [0.1, 0.15) is 5.41 Å². The molecule has 26 heavy (non-hydrogen) atoms. The minimum absolute atomic E-state index is 0.0563. The number of nitrogens with zero attached hydrogens (tertiary/aromatic N) is 2. The number of hydrogen-bond acceptors (Lipinski definition) is 4. The number of carboxylic acid groups (broad SMARTS) is 2. The van der Waals surface area contributed by atoms with Crippen molar-refractivity contribution >= 4 is 11.9 Å². The van der Waals surface area contributed by atoms with E-state index < -0.39 is 29.4 Å². The topological polar surface area (TPSA) is 81.1 Å². The van der Waals surface area contributed by atoms with Gasteiger partial charge in [0.2, 0.25) is 0 Å². The molecule has 0 rings (SSSR count). The van der Waals surface area contributed by atoms with Crippen molar-refractivity contribution in [3.63, 3.8) is 0 Å². The van der Waals surface area contributed by atoms with Crippen LogP contribution in [0.5, 0.6) is 0 Å². The van der Waals surface area contributed by atoms with Crippen LogP contribution in [0.3, 0.4) is 0 Å². The van der Waals surface area contributed by atoms with E-state index in [0.29, 0.717) is 32.6 Å². The molecule has 0 bridgehead atoms. The molecule has 0 aromatic heterocycles. The fourth-order valence-corrected chi connectivity index (χ4v) is 3.97. The first kappa shape index (κ1) is 24.3. The molecular weight excluding hydrogens is 332 g/mol. The number of rotatable bonds is 15. The van der Waals surface area contributed by atoms with E-state index in [1.165, 1.54) is 0 Å². The first-order chi connectivity index (χ1) is 12.3. The third-order valence-corrected chi connectivity index (χ3v) is 5.29. The summed E-state index contributed by atoms with van der Waals surface area (Å²) in [7, 11) is 0. The molecule has 0 fully saturated rings. The predicted molar refractivity (Wildman–Crippen MR) is 105 cm³/mol. The molecule has 0 aliphatic carbocycles. The predicted octanol–water partition coefficient (Wildman–Crippen LogP) is 3.11. The Bertz CT molecular complexity index is 446. The van der Waals surface area contributed by atoms with Crippen LogP contribution in [0.25, 0.3) is 0 Å². The maximum atomic E-state index is 12.7. The lowest BCUT2D eigenvalue weighted by molar-refractivity contribution is -0.158. The van der Waals surface area contributed by atoms with Crippen molar-refractivity contribution in [1.29, 1.82) is 0 Å². The van der Waals surface area contributed by atoms with E-state index >= 15 is 0 Å². The molecule has 0 aromatic carbocycles. The lowest BCUT2D eigenvalue weighted by atomic mass is 9.68. The summed E-state index contributed by atoms with van der Waals surface area (Å²) in [5.41, 5.74) is -1.21. The molecule has 0 radical (unpaired) electrons. The van der Waals surface area contributed by atoms with Gasteiger partial charge in [-0.2, -0.15) is 0 Å². The van der Waals surface area contributed by atoms with Crippen LogP contribution < -0.4 is 0 Å². The molecule has 6 heteroatoms. The first-order valence-electron chi connectivity index (χ1n) is 9.48. The molecule has 0 aliphatic heterocycles. The van der Waals surface area contributed by atoms with Crippen LogP contribution in [0.2, 0.25) is 0 Å². The SMILES string of the molecule is C=CC(N(CC)CC)C(CCCC(=O)O)(C(=O)O)C(C=C)N(CC)CC. The molecule has 150 valence electrons. The lowest BCUT2D eigenvalue weighted by Gasteiger charge is -2.48. The van der Waals surface area contributed by atoms with Crippen LogP contribution in [0.4, 0.5) is 0 Å². The largest absolute Gasteiger partial charge is 0.481 e. The smallest absolute Gasteiger partial charge is 0.313 e. The van der Waals surface area contributed by atoms with Gasteiger partial charge in [-0.3, -0.25) is 19.4 Å². The Balaban J connectivity index is 6.35. The molecule has 2 unspecified atom stereocenters. The number of carbonyl (C=O) groups is 2. The number of aliphatic carboxylic acids is 2. The molecule has 0 amide bonds. The van der Waals surface area contributed by atoms with Crippen molar-refractivity contribution in [1.82, 2.24) is 9.80 Å². The van der Waals surface area contributed by atoms with E-state index in [-0.39, 0.29) is 12.8 Å². The molecule has 0 saturated heterocycles. The lowest BCUT2D eigenvalue weighted by Crippen LogP contribution is -2.61. The molecule has 6 nitrogen and oxygen atoms in total. The second-order valence-corrected chi connectivity index (χ2v) is 6.40. The zero-order chi connectivity index (χ0) is 20.3. The summed E-state index contributed by atoms with van der Waals surface area (Å²) in [6.45, 7) is 18.5. The van der Waals surface area contributed by atoms with Crippen LogP contribution in [0.1, 0.15) is 47.0 Å². The zero-order valence-corrected chi connectivity index (χ0v) is 16.8. The second-order valence-electron chi connectivity index (χ2n) is 6.40. The Morgan fingerprint density at radius 3 is 1.54 bits per heavy atom. The minimum Gasteiger partial charge on any atom is -0.481 e. The van der Waals surface area contributed by atoms with Crippen molar-refractivity contribution in [2.75, 3.05) is 26.2 Å². The van der Waals surface area contributed by atoms with Gasteiger partial charge in [0, 0.05) is 18.5 Å². The summed E-state index contributed by atoms with van der Waals surface area (Å²) in [4.78, 5) is 27.8. The monoisotopic (exact) mass is 368 g/mol. The van der Waals surface area contributed by atoms with Gasteiger partial charge in [-0.1, -0.05) is 39.8 Å². The fourth-order valence-electron chi connectivity index (χ4n) is 3.97. The summed E-state index contributed by atoms with van der Waals surface area (Å²) in [6, 6.07) is -0.847. The van der Waals surface area contributed by atoms with E-state index in [1.807, 2.05) is 27.7 Å². The minimum atomic E-state index is -1.21. The quantitative estimate of drug-likeness (QED) is 0.432. The van der Waals surface area contributed by atoms with Gasteiger partial charge >= 0.3 is 11.9 Å². The van der Waals surface area contributed by atoms with Crippen LogP contribution in [-0.2, 0) is 9.59 Å². The van der Waals surface area contributed by atoms with Crippen LogP contribution >= 0.6 is 0 Å². The normalized spacial score (nSPS) is 16.1. The molecule has 2 N–H and O–H groups in total. The van der Waals surface area contributed by atoms with Gasteiger partial charge < -0.3 is 10.2 Å². The Labute approximate surface area is 158 Å². The third-order valence-electron chi connectivity index (χ3n) is 5.29. The van der Waals surface area contributed by atoms with Gasteiger partial charge in [-0.15, -0.1) is 13.2 Å². The molecular formula is C20H36N2O4. The summed E-state index contributed by atoms with van der Waals surface area (Å²) in [6.07, 6.45) is 3.87. The Morgan fingerprint density at radius 2 is 1.31 bits per heavy atom. The van der Waals surface area contributed by atoms with Crippen molar-refractivity contribution in [3.8, 4) is 0 Å². The van der Waals surface area contributed by atoms with Crippen molar-refractivity contribution in [2.45, 2.75) is 59.0 Å². The van der Waals surface area contributed by atoms with E-state index in [0.717, 1.165) is 0 Å². The standard InChI is InChI=1S/C20H36N2O4/c1-7-16(21(9-3)10-4)20(19(25)26,15-13-14-18(23)24)17(8-2)22(11-5)12-6/h7-8,16-17H,1-2,9-15H2,3-6H3,(H,23,24)(H,25,26). The van der Waals surface area contributed by atoms with Crippen molar-refractivity contribution in [3.05, 3.63) is 25.3 Å². The molecule has 0 aromatic rings. The van der Waals surface area contributed by atoms with E-state index in [9.17, 15) is 14.7 Å². The van der Waals surface area contributed by atoms with Crippen LogP contribution in [0.15, 0.2) is 25.3 Å². The van der Waals surface area contributed by atoms with Crippen LogP contribution in [-0.4, -0.2) is 70.2 Å². The van der Waals surface area contributed by atoms with E-state index in [2.05, 4.69) is 23.0 Å². The molecule has 2 atom stereocenters. The van der Waals surface area contributed by atoms with Gasteiger partial charge in [0.15, 0.2) is 0 Å². The van der Waals surface area contributed by atoms with E-state index in [1.54, 1.807) is 12.2 Å². The summed E-state index contributed by atoms with van der Waals surface area (Å²) < 4.78 is 0. The van der Waals surface area contributed by atoms with Gasteiger partial charge in [0.25, 0.3) is 0 Å². The fraction of sp³-hybridized carbons (Fsp3) is 0.700. The molecule has 0 saturated carbocycles. The summed E-state index contributed by atoms with van der Waals surface area (Å²) >= 11 is 0. The van der Waals surface area contributed by atoms with Crippen molar-refractivity contribution < 1.29 is 19.8 Å². The highest BCUT2D eigenvalue weighted by atomic mass is 16.4. The maximum Gasteiger partial charge on any atom is 0.313 e. The number of hydrogen-bond donors (Lipinski definition) is 2. The van der Waals surface area contributed by atoms with E-state index in [4.69, 9.17) is 5.11 Å². The molecule has 0 spiro atoms. The maximum absolute atomic E-state index is 12.7. The van der Waals surface area contributed by atoms with Gasteiger partial charge in [-0.25, -0.2) is 0 Å². The third kappa shape index (κ3) is 5.42. The highest BCUT2D eigenvalue weighted by Gasteiger charge is 2.52. The average Bonchev–Trinajstić information content (AvgIpc) is 2.61. The Kier molecular flexibility index (Phi) is 11.1. The summed E-state index contributed by atoms with van der Waals surface area (Å²) in [5.74, 6) is -1.85. The second kappa shape index (κ2) is 11.9. The number of likely N-dealkylation sites (N-methyl/N-ethyl adjacent to an activating group) is 2. The van der Waals surface area contributed by atoms with Gasteiger partial charge in [-0.05, 0) is 39.0 Å². The number of carboxylic acids is 2. The van der Waals surface area contributed by atoms with Crippen LogP contribution in [0, 0.1) is 5.41 Å². The first-order valence-corrected chi connectivity index (χ1v) is 9.48. The highest BCUT2D eigenvalue weighted by Crippen LogP contribution is 2.40. The Morgan fingerprint density at radius 1 is 0.923 bits per heavy atom. The zero-order valence-electron chi connectivity index (χ0n) is 16.8. The molecule has 0 aliphatic rings. The van der Waals surface area contributed by atoms with Crippen molar-refractivity contribution in [2.24, 2.45) is 5.41 Å². The average molecular weight is 369 g/mol. The Hall–Kier alpha value is -1.66. The highest BCUT2D eigenvalue weighted by molar-refractivity contribution is 5.78. The molecule has 0 heterocycles. The summed E-state index contributed by atoms with van der Waals surface area (Å²) in [5, 5.41) is 19.4.